The second kappa shape index (κ2) is 11.1. The molecule has 0 amide bonds. The van der Waals surface area contributed by atoms with Crippen molar-refractivity contribution in [2.75, 3.05) is 38.7 Å². The largest absolute Gasteiger partial charge is 0.490 e. The summed E-state index contributed by atoms with van der Waals surface area (Å²) in [7, 11) is 1.72. The number of ether oxygens (including phenoxy) is 3. The van der Waals surface area contributed by atoms with Crippen LogP contribution in [0.25, 0.3) is 0 Å². The topological polar surface area (TPSA) is 64.1 Å². The summed E-state index contributed by atoms with van der Waals surface area (Å²) < 4.78 is 17.0. The number of anilines is 1. The Kier molecular flexibility index (Phi) is 8.80. The van der Waals surface area contributed by atoms with E-state index in [9.17, 15) is 0 Å². The summed E-state index contributed by atoms with van der Waals surface area (Å²) in [5.74, 6) is 2.82. The molecule has 0 saturated carbocycles. The van der Waals surface area contributed by atoms with Crippen molar-refractivity contribution in [1.29, 1.82) is 0 Å². The van der Waals surface area contributed by atoms with Crippen molar-refractivity contribution in [2.24, 2.45) is 4.99 Å². The fourth-order valence-electron chi connectivity index (χ4n) is 2.45. The van der Waals surface area contributed by atoms with Gasteiger partial charge in [0, 0.05) is 25.2 Å². The lowest BCUT2D eigenvalue weighted by Gasteiger charge is -2.14. The van der Waals surface area contributed by atoms with Crippen LogP contribution in [0.4, 0.5) is 5.69 Å². The van der Waals surface area contributed by atoms with Gasteiger partial charge >= 0.3 is 0 Å². The van der Waals surface area contributed by atoms with Crippen LogP contribution >= 0.6 is 35.6 Å². The average Bonchev–Trinajstić information content (AvgIpc) is 2.90. The fourth-order valence-corrected chi connectivity index (χ4v) is 2.64. The summed E-state index contributed by atoms with van der Waals surface area (Å²) in [6.45, 7) is 2.37. The first-order valence-corrected chi connectivity index (χ1v) is 8.89. The molecule has 27 heavy (non-hydrogen) atoms. The van der Waals surface area contributed by atoms with Crippen LogP contribution in [0.1, 0.15) is 6.42 Å². The van der Waals surface area contributed by atoms with Gasteiger partial charge in [0.25, 0.3) is 0 Å². The number of rotatable bonds is 5. The Bertz CT molecular complexity index is 774. The minimum absolute atomic E-state index is 0. The van der Waals surface area contributed by atoms with Gasteiger partial charge in [-0.15, -0.1) is 24.0 Å². The molecule has 6 nitrogen and oxygen atoms in total. The summed E-state index contributed by atoms with van der Waals surface area (Å²) in [5.41, 5.74) is 0.870. The number of benzene rings is 2. The third-order valence-corrected chi connectivity index (χ3v) is 4.03. The molecule has 0 unspecified atom stereocenters. The van der Waals surface area contributed by atoms with Crippen LogP contribution in [0.5, 0.6) is 17.2 Å². The van der Waals surface area contributed by atoms with Crippen molar-refractivity contribution in [3.63, 3.8) is 0 Å². The molecule has 2 aromatic rings. The molecule has 1 aliphatic heterocycles. The van der Waals surface area contributed by atoms with E-state index in [0.29, 0.717) is 43.1 Å². The van der Waals surface area contributed by atoms with Gasteiger partial charge in [-0.05, 0) is 24.3 Å². The van der Waals surface area contributed by atoms with Crippen molar-refractivity contribution < 1.29 is 14.2 Å². The van der Waals surface area contributed by atoms with Crippen molar-refractivity contribution in [1.82, 2.24) is 5.32 Å². The van der Waals surface area contributed by atoms with E-state index in [1.807, 2.05) is 36.4 Å². The van der Waals surface area contributed by atoms with Crippen molar-refractivity contribution >= 4 is 47.2 Å². The highest BCUT2D eigenvalue weighted by molar-refractivity contribution is 14.0. The van der Waals surface area contributed by atoms with E-state index < -0.39 is 0 Å². The summed E-state index contributed by atoms with van der Waals surface area (Å²) in [4.78, 5) is 4.22. The minimum Gasteiger partial charge on any atom is -0.490 e. The van der Waals surface area contributed by atoms with E-state index in [0.717, 1.165) is 23.6 Å². The van der Waals surface area contributed by atoms with Gasteiger partial charge in [0.2, 0.25) is 0 Å². The number of para-hydroxylation sites is 1. The number of nitrogens with zero attached hydrogens (tertiary/aromatic N) is 1. The molecule has 0 spiro atoms. The predicted octanol–water partition coefficient (Wildman–Crippen LogP) is 4.19. The third kappa shape index (κ3) is 6.35. The molecule has 2 aromatic carbocycles. The van der Waals surface area contributed by atoms with Gasteiger partial charge in [-0.25, -0.2) is 0 Å². The van der Waals surface area contributed by atoms with Crippen LogP contribution in [-0.4, -0.2) is 39.4 Å². The Morgan fingerprint density at radius 3 is 2.70 bits per heavy atom. The summed E-state index contributed by atoms with van der Waals surface area (Å²) in [6, 6.07) is 13.1. The Morgan fingerprint density at radius 1 is 1.15 bits per heavy atom. The molecule has 1 aliphatic rings. The van der Waals surface area contributed by atoms with Crippen LogP contribution in [-0.2, 0) is 0 Å². The van der Waals surface area contributed by atoms with Crippen LogP contribution in [0, 0.1) is 0 Å². The molecular formula is C19H23ClIN3O3. The van der Waals surface area contributed by atoms with E-state index in [-0.39, 0.29) is 24.0 Å². The molecule has 0 radical (unpaired) electrons. The number of hydrogen-bond donors (Lipinski definition) is 2. The molecule has 0 bridgehead atoms. The van der Waals surface area contributed by atoms with Crippen LogP contribution in [0.3, 0.4) is 0 Å². The Hall–Kier alpha value is -1.87. The zero-order valence-corrected chi connectivity index (χ0v) is 18.1. The van der Waals surface area contributed by atoms with Crippen molar-refractivity contribution in [2.45, 2.75) is 6.42 Å². The quantitative estimate of drug-likeness (QED) is 0.277. The van der Waals surface area contributed by atoms with Gasteiger partial charge in [-0.2, -0.15) is 0 Å². The SMILES string of the molecule is CN=C(NCCOc1ccccc1Cl)Nc1ccc2c(c1)OCCCO2.I. The van der Waals surface area contributed by atoms with E-state index in [1.165, 1.54) is 0 Å². The summed E-state index contributed by atoms with van der Waals surface area (Å²) in [6.07, 6.45) is 0.881. The molecule has 8 heteroatoms. The lowest BCUT2D eigenvalue weighted by Crippen LogP contribution is -2.33. The third-order valence-electron chi connectivity index (χ3n) is 3.72. The smallest absolute Gasteiger partial charge is 0.195 e. The first-order chi connectivity index (χ1) is 12.8. The maximum Gasteiger partial charge on any atom is 0.195 e. The van der Waals surface area contributed by atoms with Crippen LogP contribution < -0.4 is 24.8 Å². The zero-order chi connectivity index (χ0) is 18.2. The zero-order valence-electron chi connectivity index (χ0n) is 15.0. The van der Waals surface area contributed by atoms with Gasteiger partial charge < -0.3 is 24.8 Å². The standard InChI is InChI=1S/C19H22ClN3O3.HI/c1-21-19(22-9-12-26-16-6-3-2-5-15(16)20)23-14-7-8-17-18(13-14)25-11-4-10-24-17;/h2-3,5-8,13H,4,9-12H2,1H3,(H2,21,22,23);1H. The normalized spacial score (nSPS) is 13.2. The molecule has 0 aromatic heterocycles. The molecule has 146 valence electrons. The number of hydrogen-bond acceptors (Lipinski definition) is 4. The number of halogens is 2. The van der Waals surface area contributed by atoms with E-state index in [1.54, 1.807) is 13.1 Å². The Morgan fingerprint density at radius 2 is 1.93 bits per heavy atom. The van der Waals surface area contributed by atoms with E-state index in [2.05, 4.69) is 15.6 Å². The number of aliphatic imine (C=N–C) groups is 1. The van der Waals surface area contributed by atoms with Gasteiger partial charge in [0.1, 0.15) is 12.4 Å². The first kappa shape index (κ1) is 21.4. The van der Waals surface area contributed by atoms with Gasteiger partial charge in [0.05, 0.1) is 24.8 Å². The van der Waals surface area contributed by atoms with Gasteiger partial charge in [-0.3, -0.25) is 4.99 Å². The molecule has 3 rings (SSSR count). The highest BCUT2D eigenvalue weighted by atomic mass is 127. The first-order valence-electron chi connectivity index (χ1n) is 8.51. The lowest BCUT2D eigenvalue weighted by molar-refractivity contribution is 0.297. The van der Waals surface area contributed by atoms with Crippen molar-refractivity contribution in [3.8, 4) is 17.2 Å². The average molecular weight is 504 g/mol. The monoisotopic (exact) mass is 503 g/mol. The van der Waals surface area contributed by atoms with E-state index in [4.69, 9.17) is 25.8 Å². The van der Waals surface area contributed by atoms with Gasteiger partial charge in [0.15, 0.2) is 17.5 Å². The number of nitrogens with one attached hydrogen (secondary N) is 2. The molecule has 0 saturated heterocycles. The molecule has 0 atom stereocenters. The number of fused-ring (bicyclic) bond motifs is 1. The highest BCUT2D eigenvalue weighted by Gasteiger charge is 2.11. The second-order valence-corrected chi connectivity index (χ2v) is 6.02. The van der Waals surface area contributed by atoms with Gasteiger partial charge in [-0.1, -0.05) is 23.7 Å². The molecule has 1 heterocycles. The fraction of sp³-hybridized carbons (Fsp3) is 0.316. The van der Waals surface area contributed by atoms with E-state index >= 15 is 0 Å². The maximum absolute atomic E-state index is 6.07. The molecule has 2 N–H and O–H groups in total. The maximum atomic E-state index is 6.07. The lowest BCUT2D eigenvalue weighted by atomic mass is 10.3. The molecule has 0 aliphatic carbocycles. The van der Waals surface area contributed by atoms with Crippen LogP contribution in [0.15, 0.2) is 47.5 Å². The molecule has 0 fully saturated rings. The molecular weight excluding hydrogens is 481 g/mol. The Labute approximate surface area is 181 Å². The predicted molar refractivity (Wildman–Crippen MR) is 119 cm³/mol. The van der Waals surface area contributed by atoms with Crippen LogP contribution in [0.2, 0.25) is 5.02 Å². The summed E-state index contributed by atoms with van der Waals surface area (Å²) >= 11 is 6.07. The summed E-state index contributed by atoms with van der Waals surface area (Å²) in [5, 5.41) is 7.03. The second-order valence-electron chi connectivity index (χ2n) is 5.61. The Balaban J connectivity index is 0.00000261. The highest BCUT2D eigenvalue weighted by Crippen LogP contribution is 2.32. The number of guanidine groups is 1. The van der Waals surface area contributed by atoms with Crippen molar-refractivity contribution in [3.05, 3.63) is 47.5 Å². The minimum atomic E-state index is 0.